The van der Waals surface area contributed by atoms with Gasteiger partial charge in [0.05, 0.1) is 0 Å². The summed E-state index contributed by atoms with van der Waals surface area (Å²) in [6.07, 6.45) is 8.65. The molecule has 4 nitrogen and oxygen atoms in total. The van der Waals surface area contributed by atoms with Crippen molar-refractivity contribution in [3.63, 3.8) is 0 Å². The second kappa shape index (κ2) is 10.9. The molecule has 0 aromatic heterocycles. The third-order valence-electron chi connectivity index (χ3n) is 9.44. The minimum atomic E-state index is -0.0120. The number of nitrogens with one attached hydrogen (secondary N) is 1. The van der Waals surface area contributed by atoms with Crippen LogP contribution in [0.15, 0.2) is 48.5 Å². The monoisotopic (exact) mass is 486 g/mol. The van der Waals surface area contributed by atoms with Crippen molar-refractivity contribution < 1.29 is 9.59 Å². The maximum absolute atomic E-state index is 13.4. The molecule has 5 rings (SSSR count). The summed E-state index contributed by atoms with van der Waals surface area (Å²) in [4.78, 5) is 29.0. The lowest BCUT2D eigenvalue weighted by Gasteiger charge is -2.33. The van der Waals surface area contributed by atoms with Crippen LogP contribution in [0.5, 0.6) is 0 Å². The molecule has 1 saturated heterocycles. The van der Waals surface area contributed by atoms with Crippen molar-refractivity contribution in [2.24, 2.45) is 17.3 Å². The van der Waals surface area contributed by atoms with Crippen molar-refractivity contribution in [1.82, 2.24) is 10.2 Å². The first-order chi connectivity index (χ1) is 17.4. The molecule has 1 amide bonds. The maximum atomic E-state index is 13.4. The topological polar surface area (TPSA) is 49.4 Å². The Labute approximate surface area is 216 Å². The number of Topliss-reactive ketones (excluding diaryl/α,β-unsaturated/α-hetero) is 1. The van der Waals surface area contributed by atoms with Gasteiger partial charge in [-0.15, -0.1) is 0 Å². The zero-order valence-electron chi connectivity index (χ0n) is 22.1. The highest BCUT2D eigenvalue weighted by Crippen LogP contribution is 2.42. The standard InChI is InChI=1S/C32H42N2O2/c1-32(2)18-7-10-26(32)22-33-31(36)29-12-6-11-28-27(29)14-13-25(30(28)35)17-21-34-19-15-24(16-20-34)23-8-4-3-5-9-23/h3-6,8-9,11-12,24-26H,7,10,13-22H2,1-2H3,(H,33,36). The molecule has 2 unspecified atom stereocenters. The number of carbonyl (C=O) groups excluding carboxylic acids is 2. The number of hydrogen-bond acceptors (Lipinski definition) is 3. The third-order valence-corrected chi connectivity index (χ3v) is 9.44. The summed E-state index contributed by atoms with van der Waals surface area (Å²) in [7, 11) is 0. The molecule has 1 heterocycles. The molecule has 0 bridgehead atoms. The van der Waals surface area contributed by atoms with Crippen molar-refractivity contribution in [2.45, 2.75) is 71.1 Å². The van der Waals surface area contributed by atoms with E-state index in [1.165, 1.54) is 37.7 Å². The number of nitrogens with zero attached hydrogens (tertiary/aromatic N) is 1. The Morgan fingerprint density at radius 3 is 2.50 bits per heavy atom. The van der Waals surface area contributed by atoms with Crippen LogP contribution < -0.4 is 5.32 Å². The summed E-state index contributed by atoms with van der Waals surface area (Å²) < 4.78 is 0. The lowest BCUT2D eigenvalue weighted by atomic mass is 9.79. The van der Waals surface area contributed by atoms with E-state index in [4.69, 9.17) is 0 Å². The van der Waals surface area contributed by atoms with Crippen molar-refractivity contribution >= 4 is 11.7 Å². The van der Waals surface area contributed by atoms with E-state index in [0.29, 0.717) is 22.8 Å². The van der Waals surface area contributed by atoms with Gasteiger partial charge < -0.3 is 10.2 Å². The molecule has 2 atom stereocenters. The predicted molar refractivity (Wildman–Crippen MR) is 146 cm³/mol. The minimum Gasteiger partial charge on any atom is -0.352 e. The molecule has 1 N–H and O–H groups in total. The van der Waals surface area contributed by atoms with E-state index in [1.807, 2.05) is 18.2 Å². The highest BCUT2D eigenvalue weighted by Gasteiger charge is 2.35. The zero-order valence-corrected chi connectivity index (χ0v) is 22.1. The fourth-order valence-electron chi connectivity index (χ4n) is 6.89. The van der Waals surface area contributed by atoms with E-state index >= 15 is 0 Å². The van der Waals surface area contributed by atoms with Crippen LogP contribution in [0.2, 0.25) is 0 Å². The Kier molecular flexibility index (Phi) is 7.62. The molecule has 1 saturated carbocycles. The Hall–Kier alpha value is -2.46. The highest BCUT2D eigenvalue weighted by molar-refractivity contribution is 6.04. The van der Waals surface area contributed by atoms with E-state index in [2.05, 4.69) is 54.4 Å². The fraction of sp³-hybridized carbons (Fsp3) is 0.562. The van der Waals surface area contributed by atoms with Crippen LogP contribution in [0.4, 0.5) is 0 Å². The normalized spacial score (nSPS) is 24.4. The van der Waals surface area contributed by atoms with Gasteiger partial charge in [0.25, 0.3) is 5.91 Å². The van der Waals surface area contributed by atoms with E-state index in [0.717, 1.165) is 56.6 Å². The zero-order chi connectivity index (χ0) is 25.1. The second-order valence-electron chi connectivity index (χ2n) is 12.0. The molecule has 2 aromatic carbocycles. The minimum absolute atomic E-state index is 0.0120. The average molecular weight is 487 g/mol. The van der Waals surface area contributed by atoms with Crippen molar-refractivity contribution in [2.75, 3.05) is 26.2 Å². The predicted octanol–water partition coefficient (Wildman–Crippen LogP) is 6.26. The molecule has 1 aliphatic heterocycles. The Morgan fingerprint density at radius 1 is 1.00 bits per heavy atom. The largest absolute Gasteiger partial charge is 0.352 e. The van der Waals surface area contributed by atoms with Crippen LogP contribution in [-0.2, 0) is 6.42 Å². The van der Waals surface area contributed by atoms with Crippen molar-refractivity contribution in [1.29, 1.82) is 0 Å². The van der Waals surface area contributed by atoms with Crippen LogP contribution in [0.3, 0.4) is 0 Å². The summed E-state index contributed by atoms with van der Waals surface area (Å²) in [5.74, 6) is 1.49. The van der Waals surface area contributed by atoms with Gasteiger partial charge in [-0.3, -0.25) is 9.59 Å². The lowest BCUT2D eigenvalue weighted by molar-refractivity contribution is 0.0876. The SMILES string of the molecule is CC1(C)CCCC1CNC(=O)c1cccc2c1CCC(CCN1CCC(c3ccccc3)CC1)C2=O. The highest BCUT2D eigenvalue weighted by atomic mass is 16.1. The summed E-state index contributed by atoms with van der Waals surface area (Å²) in [5, 5.41) is 3.20. The summed E-state index contributed by atoms with van der Waals surface area (Å²) in [5.41, 5.74) is 4.21. The molecule has 36 heavy (non-hydrogen) atoms. The molecule has 4 heteroatoms. The fourth-order valence-corrected chi connectivity index (χ4v) is 6.89. The van der Waals surface area contributed by atoms with Crippen LogP contribution >= 0.6 is 0 Å². The second-order valence-corrected chi connectivity index (χ2v) is 12.0. The number of hydrogen-bond donors (Lipinski definition) is 1. The van der Waals surface area contributed by atoms with Crippen LogP contribution in [0, 0.1) is 17.3 Å². The van der Waals surface area contributed by atoms with Gasteiger partial charge in [-0.2, -0.15) is 0 Å². The number of likely N-dealkylation sites (tertiary alicyclic amines) is 1. The van der Waals surface area contributed by atoms with Gasteiger partial charge in [0.1, 0.15) is 0 Å². The number of amides is 1. The Bertz CT molecular complexity index is 1070. The average Bonchev–Trinajstić information content (AvgIpc) is 3.25. The third kappa shape index (κ3) is 5.44. The molecule has 192 valence electrons. The van der Waals surface area contributed by atoms with E-state index < -0.39 is 0 Å². The Balaban J connectivity index is 1.15. The molecule has 0 radical (unpaired) electrons. The molecule has 3 aliphatic rings. The van der Waals surface area contributed by atoms with Crippen LogP contribution in [0.25, 0.3) is 0 Å². The van der Waals surface area contributed by atoms with Gasteiger partial charge in [0.15, 0.2) is 5.78 Å². The Morgan fingerprint density at radius 2 is 1.78 bits per heavy atom. The van der Waals surface area contributed by atoms with Gasteiger partial charge in [0, 0.05) is 23.6 Å². The maximum Gasteiger partial charge on any atom is 0.251 e. The lowest BCUT2D eigenvalue weighted by Crippen LogP contribution is -2.36. The number of ketones is 1. The molecule has 2 aliphatic carbocycles. The van der Waals surface area contributed by atoms with Gasteiger partial charge in [-0.25, -0.2) is 0 Å². The number of rotatable bonds is 7. The summed E-state index contributed by atoms with van der Waals surface area (Å²) in [6.45, 7) is 8.56. The van der Waals surface area contributed by atoms with E-state index in [1.54, 1.807) is 0 Å². The van der Waals surface area contributed by atoms with E-state index in [-0.39, 0.29) is 17.6 Å². The number of piperidine rings is 1. The van der Waals surface area contributed by atoms with Crippen molar-refractivity contribution in [3.05, 3.63) is 70.8 Å². The molecule has 0 spiro atoms. The van der Waals surface area contributed by atoms with Gasteiger partial charge in [0.2, 0.25) is 0 Å². The number of benzene rings is 2. The summed E-state index contributed by atoms with van der Waals surface area (Å²) >= 11 is 0. The van der Waals surface area contributed by atoms with Gasteiger partial charge in [-0.1, -0.05) is 62.7 Å². The number of fused-ring (bicyclic) bond motifs is 1. The molecular formula is C32H42N2O2. The van der Waals surface area contributed by atoms with Crippen molar-refractivity contribution in [3.8, 4) is 0 Å². The first-order valence-corrected chi connectivity index (χ1v) is 14.1. The summed E-state index contributed by atoms with van der Waals surface area (Å²) in [6, 6.07) is 16.6. The van der Waals surface area contributed by atoms with E-state index in [9.17, 15) is 9.59 Å². The quantitative estimate of drug-likeness (QED) is 0.503. The smallest absolute Gasteiger partial charge is 0.251 e. The number of carbonyl (C=O) groups is 2. The molecule has 2 aromatic rings. The first-order valence-electron chi connectivity index (χ1n) is 14.1. The molecule has 2 fully saturated rings. The van der Waals surface area contributed by atoms with Crippen LogP contribution in [-0.4, -0.2) is 42.8 Å². The van der Waals surface area contributed by atoms with Gasteiger partial charge in [-0.05, 0) is 99.0 Å². The van der Waals surface area contributed by atoms with Crippen LogP contribution in [0.1, 0.15) is 96.6 Å². The van der Waals surface area contributed by atoms with Gasteiger partial charge >= 0.3 is 0 Å². The molecular weight excluding hydrogens is 444 g/mol. The first kappa shape index (κ1) is 25.2.